The maximum Gasteiger partial charge on any atom is 0.262 e. The maximum atomic E-state index is 12.1. The minimum atomic E-state index is -0.266. The second-order valence-corrected chi connectivity index (χ2v) is 5.49. The van der Waals surface area contributed by atoms with Gasteiger partial charge < -0.3 is 10.1 Å². The van der Waals surface area contributed by atoms with E-state index in [1.807, 2.05) is 13.0 Å². The SMILES string of the molecule is Cc1cc(Cl)ccc1OCC(=O)Nc1cccc(-n2cnnn2)c1. The third-order valence-corrected chi connectivity index (χ3v) is 3.47. The molecule has 0 bridgehead atoms. The molecule has 0 spiro atoms. The molecule has 0 saturated heterocycles. The predicted molar refractivity (Wildman–Crippen MR) is 89.5 cm³/mol. The van der Waals surface area contributed by atoms with Crippen LogP contribution in [0.2, 0.25) is 5.02 Å². The Morgan fingerprint density at radius 3 is 2.92 bits per heavy atom. The van der Waals surface area contributed by atoms with E-state index >= 15 is 0 Å². The summed E-state index contributed by atoms with van der Waals surface area (Å²) in [6.07, 6.45) is 1.48. The zero-order valence-corrected chi connectivity index (χ0v) is 13.6. The van der Waals surface area contributed by atoms with Gasteiger partial charge in [-0.1, -0.05) is 17.7 Å². The summed E-state index contributed by atoms with van der Waals surface area (Å²) in [4.78, 5) is 12.1. The van der Waals surface area contributed by atoms with Crippen molar-refractivity contribution in [3.05, 3.63) is 59.4 Å². The number of ether oxygens (including phenoxy) is 1. The highest BCUT2D eigenvalue weighted by molar-refractivity contribution is 6.30. The average Bonchev–Trinajstić information content (AvgIpc) is 3.09. The molecule has 7 nitrogen and oxygen atoms in total. The molecule has 1 aromatic heterocycles. The van der Waals surface area contributed by atoms with E-state index in [1.165, 1.54) is 11.0 Å². The van der Waals surface area contributed by atoms with Crippen LogP contribution in [0, 0.1) is 6.92 Å². The summed E-state index contributed by atoms with van der Waals surface area (Å²) in [5, 5.41) is 14.4. The lowest BCUT2D eigenvalue weighted by Gasteiger charge is -2.10. The van der Waals surface area contributed by atoms with E-state index in [9.17, 15) is 4.79 Å². The number of aromatic nitrogens is 4. The first kappa shape index (κ1) is 15.9. The molecule has 1 amide bonds. The average molecular weight is 344 g/mol. The van der Waals surface area contributed by atoms with Gasteiger partial charge in [0.1, 0.15) is 12.1 Å². The fourth-order valence-electron chi connectivity index (χ4n) is 2.12. The summed E-state index contributed by atoms with van der Waals surface area (Å²) in [6.45, 7) is 1.77. The highest BCUT2D eigenvalue weighted by atomic mass is 35.5. The van der Waals surface area contributed by atoms with Crippen LogP contribution in [0.3, 0.4) is 0 Å². The molecule has 0 aliphatic rings. The second-order valence-electron chi connectivity index (χ2n) is 5.05. The van der Waals surface area contributed by atoms with Crippen LogP contribution in [-0.2, 0) is 4.79 Å². The summed E-state index contributed by atoms with van der Waals surface area (Å²) in [5.74, 6) is 0.357. The summed E-state index contributed by atoms with van der Waals surface area (Å²) >= 11 is 5.89. The van der Waals surface area contributed by atoms with Crippen molar-refractivity contribution in [3.8, 4) is 11.4 Å². The largest absolute Gasteiger partial charge is 0.483 e. The fraction of sp³-hybridized carbons (Fsp3) is 0.125. The Bertz CT molecular complexity index is 851. The number of tetrazole rings is 1. The first-order valence-corrected chi connectivity index (χ1v) is 7.52. The van der Waals surface area contributed by atoms with Gasteiger partial charge in [0.05, 0.1) is 5.69 Å². The van der Waals surface area contributed by atoms with Crippen LogP contribution < -0.4 is 10.1 Å². The molecule has 0 radical (unpaired) electrons. The fourth-order valence-corrected chi connectivity index (χ4v) is 2.35. The number of carbonyl (C=O) groups is 1. The zero-order chi connectivity index (χ0) is 16.9. The molecular weight excluding hydrogens is 330 g/mol. The van der Waals surface area contributed by atoms with Crippen LogP contribution in [0.1, 0.15) is 5.56 Å². The van der Waals surface area contributed by atoms with Gasteiger partial charge >= 0.3 is 0 Å². The van der Waals surface area contributed by atoms with Gasteiger partial charge in [-0.05, 0) is 59.3 Å². The minimum Gasteiger partial charge on any atom is -0.483 e. The van der Waals surface area contributed by atoms with Crippen LogP contribution >= 0.6 is 11.6 Å². The van der Waals surface area contributed by atoms with Crippen LogP contribution in [0.4, 0.5) is 5.69 Å². The number of nitrogens with zero attached hydrogens (tertiary/aromatic N) is 4. The maximum absolute atomic E-state index is 12.1. The number of amides is 1. The highest BCUT2D eigenvalue weighted by Gasteiger charge is 2.07. The molecular formula is C16H14ClN5O2. The van der Waals surface area contributed by atoms with Gasteiger partial charge in [0, 0.05) is 10.7 Å². The topological polar surface area (TPSA) is 81.9 Å². The van der Waals surface area contributed by atoms with Crippen molar-refractivity contribution in [3.63, 3.8) is 0 Å². The van der Waals surface area contributed by atoms with E-state index in [0.29, 0.717) is 16.5 Å². The van der Waals surface area contributed by atoms with Gasteiger partial charge in [-0.3, -0.25) is 4.79 Å². The number of nitrogens with one attached hydrogen (secondary N) is 1. The van der Waals surface area contributed by atoms with Crippen molar-refractivity contribution in [1.29, 1.82) is 0 Å². The van der Waals surface area contributed by atoms with E-state index in [1.54, 1.807) is 36.4 Å². The zero-order valence-electron chi connectivity index (χ0n) is 12.8. The molecule has 0 unspecified atom stereocenters. The predicted octanol–water partition coefficient (Wildman–Crippen LogP) is 2.64. The van der Waals surface area contributed by atoms with Crippen molar-refractivity contribution in [1.82, 2.24) is 20.2 Å². The van der Waals surface area contributed by atoms with Gasteiger partial charge in [-0.2, -0.15) is 0 Å². The molecule has 122 valence electrons. The number of hydrogen-bond donors (Lipinski definition) is 1. The molecule has 0 aliphatic heterocycles. The molecule has 3 aromatic rings. The summed E-state index contributed by atoms with van der Waals surface area (Å²) in [6, 6.07) is 12.4. The highest BCUT2D eigenvalue weighted by Crippen LogP contribution is 2.21. The van der Waals surface area contributed by atoms with E-state index in [-0.39, 0.29) is 12.5 Å². The van der Waals surface area contributed by atoms with E-state index < -0.39 is 0 Å². The lowest BCUT2D eigenvalue weighted by Crippen LogP contribution is -2.20. The Morgan fingerprint density at radius 2 is 2.17 bits per heavy atom. The second kappa shape index (κ2) is 7.10. The minimum absolute atomic E-state index is 0.0996. The number of benzene rings is 2. The molecule has 24 heavy (non-hydrogen) atoms. The van der Waals surface area contributed by atoms with E-state index in [2.05, 4.69) is 20.8 Å². The Morgan fingerprint density at radius 1 is 1.29 bits per heavy atom. The van der Waals surface area contributed by atoms with Gasteiger partial charge in [-0.25, -0.2) is 4.68 Å². The quantitative estimate of drug-likeness (QED) is 0.770. The number of rotatable bonds is 5. The van der Waals surface area contributed by atoms with Gasteiger partial charge in [-0.15, -0.1) is 5.10 Å². The molecule has 0 atom stereocenters. The molecule has 0 fully saturated rings. The number of halogens is 1. The molecule has 8 heteroatoms. The molecule has 0 saturated carbocycles. The van der Waals surface area contributed by atoms with Crippen molar-refractivity contribution >= 4 is 23.2 Å². The molecule has 1 N–H and O–H groups in total. The van der Waals surface area contributed by atoms with Crippen LogP contribution in [0.5, 0.6) is 5.75 Å². The first-order valence-electron chi connectivity index (χ1n) is 7.14. The normalized spacial score (nSPS) is 10.4. The summed E-state index contributed by atoms with van der Waals surface area (Å²) < 4.78 is 7.02. The molecule has 2 aromatic carbocycles. The summed E-state index contributed by atoms with van der Waals surface area (Å²) in [5.41, 5.74) is 2.24. The van der Waals surface area contributed by atoms with Crippen molar-refractivity contribution in [2.45, 2.75) is 6.92 Å². The Balaban J connectivity index is 1.62. The molecule has 0 aliphatic carbocycles. The Kier molecular flexibility index (Phi) is 4.72. The summed E-state index contributed by atoms with van der Waals surface area (Å²) in [7, 11) is 0. The van der Waals surface area contributed by atoms with Gasteiger partial charge in [0.2, 0.25) is 0 Å². The molecule has 3 rings (SSSR count). The van der Waals surface area contributed by atoms with E-state index in [0.717, 1.165) is 11.3 Å². The van der Waals surface area contributed by atoms with Crippen molar-refractivity contribution in [2.24, 2.45) is 0 Å². The van der Waals surface area contributed by atoms with Crippen molar-refractivity contribution < 1.29 is 9.53 Å². The smallest absolute Gasteiger partial charge is 0.262 e. The van der Waals surface area contributed by atoms with Gasteiger partial charge in [0.25, 0.3) is 5.91 Å². The number of hydrogen-bond acceptors (Lipinski definition) is 5. The number of anilines is 1. The monoisotopic (exact) mass is 343 g/mol. The third kappa shape index (κ3) is 3.88. The Labute approximate surface area is 143 Å². The number of aryl methyl sites for hydroxylation is 1. The van der Waals surface area contributed by atoms with E-state index in [4.69, 9.17) is 16.3 Å². The van der Waals surface area contributed by atoms with Crippen LogP contribution in [0.15, 0.2) is 48.8 Å². The standard InChI is InChI=1S/C16H14ClN5O2/c1-11-7-12(17)5-6-15(11)24-9-16(23)19-13-3-2-4-14(8-13)22-10-18-20-21-22/h2-8,10H,9H2,1H3,(H,19,23). The lowest BCUT2D eigenvalue weighted by atomic mass is 10.2. The Hall–Kier alpha value is -2.93. The van der Waals surface area contributed by atoms with Crippen LogP contribution in [0.25, 0.3) is 5.69 Å². The number of carbonyl (C=O) groups excluding carboxylic acids is 1. The van der Waals surface area contributed by atoms with Gasteiger partial charge in [0.15, 0.2) is 6.61 Å². The molecule has 1 heterocycles. The third-order valence-electron chi connectivity index (χ3n) is 3.24. The lowest BCUT2D eigenvalue weighted by molar-refractivity contribution is -0.118. The van der Waals surface area contributed by atoms with Crippen LogP contribution in [-0.4, -0.2) is 32.7 Å². The first-order chi connectivity index (χ1) is 11.6. The van der Waals surface area contributed by atoms with Crippen molar-refractivity contribution in [2.75, 3.05) is 11.9 Å².